The first-order valence-corrected chi connectivity index (χ1v) is 18.7. The van der Waals surface area contributed by atoms with Gasteiger partial charge in [0.25, 0.3) is 0 Å². The zero-order valence-corrected chi connectivity index (χ0v) is 29.3. The van der Waals surface area contributed by atoms with Gasteiger partial charge in [0.15, 0.2) is 0 Å². The van der Waals surface area contributed by atoms with E-state index in [-0.39, 0.29) is 5.41 Å². The van der Waals surface area contributed by atoms with Crippen LogP contribution in [-0.2, 0) is 5.41 Å². The summed E-state index contributed by atoms with van der Waals surface area (Å²) in [5, 5.41) is 2.75. The Hall–Kier alpha value is -5.14. The number of allylic oxidation sites excluding steroid dienone is 1. The van der Waals surface area contributed by atoms with Crippen LogP contribution in [0.15, 0.2) is 133 Å². The molecule has 0 bridgehead atoms. The quantitative estimate of drug-likeness (QED) is 0.159. The Morgan fingerprint density at radius 1 is 0.620 bits per heavy atom. The molecule has 0 amide bonds. The molecule has 1 aromatic heterocycles. The molecule has 3 aliphatic rings. The van der Waals surface area contributed by atoms with Crippen LogP contribution in [0, 0.1) is 0 Å². The maximum Gasteiger partial charge on any atom is 0.0547 e. The SMILES string of the molecule is CCCC/C=C(/c1ccccc1)c1ccc(-n2c3cc4c(cc3c3cc5c(cc32)-c2ccccc2C5(C)C)C2CCC2c2ccccc2-4)cc1. The van der Waals surface area contributed by atoms with Gasteiger partial charge in [-0.15, -0.1) is 0 Å². The second-order valence-corrected chi connectivity index (χ2v) is 15.4. The van der Waals surface area contributed by atoms with E-state index in [9.17, 15) is 0 Å². The number of unbranched alkanes of at least 4 members (excludes halogenated alkanes) is 2. The molecule has 1 fully saturated rings. The van der Waals surface area contributed by atoms with Crippen LogP contribution in [0.1, 0.15) is 98.1 Å². The lowest BCUT2D eigenvalue weighted by atomic mass is 9.61. The highest BCUT2D eigenvalue weighted by Crippen LogP contribution is 2.58. The molecule has 1 nitrogen and oxygen atoms in total. The van der Waals surface area contributed by atoms with Gasteiger partial charge in [-0.25, -0.2) is 0 Å². The predicted molar refractivity (Wildman–Crippen MR) is 212 cm³/mol. The summed E-state index contributed by atoms with van der Waals surface area (Å²) in [4.78, 5) is 0. The zero-order chi connectivity index (χ0) is 33.6. The third kappa shape index (κ3) is 4.25. The Balaban J connectivity index is 1.22. The van der Waals surface area contributed by atoms with Crippen molar-refractivity contribution in [3.8, 4) is 27.9 Å². The lowest BCUT2D eigenvalue weighted by molar-refractivity contribution is 0.343. The van der Waals surface area contributed by atoms with E-state index in [2.05, 4.69) is 159 Å². The molecule has 2 unspecified atom stereocenters. The summed E-state index contributed by atoms with van der Waals surface area (Å²) in [5.74, 6) is 1.27. The van der Waals surface area contributed by atoms with Crippen LogP contribution < -0.4 is 0 Å². The zero-order valence-electron chi connectivity index (χ0n) is 29.3. The molecule has 2 atom stereocenters. The van der Waals surface area contributed by atoms with Crippen molar-refractivity contribution in [2.75, 3.05) is 0 Å². The second kappa shape index (κ2) is 11.2. The minimum Gasteiger partial charge on any atom is -0.309 e. The highest BCUT2D eigenvalue weighted by atomic mass is 15.0. The predicted octanol–water partition coefficient (Wildman–Crippen LogP) is 13.4. The Kier molecular flexibility index (Phi) is 6.66. The summed E-state index contributed by atoms with van der Waals surface area (Å²) in [6, 6.07) is 48.7. The molecular weight excluding hydrogens is 603 g/mol. The average molecular weight is 646 g/mol. The third-order valence-electron chi connectivity index (χ3n) is 12.4. The van der Waals surface area contributed by atoms with Crippen LogP contribution in [0.5, 0.6) is 0 Å². The molecule has 0 saturated heterocycles. The number of hydrogen-bond donors (Lipinski definition) is 0. The van der Waals surface area contributed by atoms with Crippen molar-refractivity contribution in [2.24, 2.45) is 0 Å². The van der Waals surface area contributed by atoms with Crippen molar-refractivity contribution in [1.82, 2.24) is 4.57 Å². The number of fused-ring (bicyclic) bond motifs is 12. The van der Waals surface area contributed by atoms with Gasteiger partial charge in [-0.2, -0.15) is 0 Å². The molecule has 0 aliphatic heterocycles. The summed E-state index contributed by atoms with van der Waals surface area (Å²) in [7, 11) is 0. The first-order valence-electron chi connectivity index (χ1n) is 18.7. The van der Waals surface area contributed by atoms with Gasteiger partial charge in [-0.3, -0.25) is 0 Å². The summed E-state index contributed by atoms with van der Waals surface area (Å²) < 4.78 is 2.56. The molecule has 0 spiro atoms. The fraction of sp³-hybridized carbons (Fsp3) is 0.224. The molecular formula is C49H43N. The highest BCUT2D eigenvalue weighted by molar-refractivity contribution is 6.13. The van der Waals surface area contributed by atoms with E-state index in [0.717, 1.165) is 6.42 Å². The monoisotopic (exact) mass is 645 g/mol. The van der Waals surface area contributed by atoms with Crippen LogP contribution in [0.25, 0.3) is 55.3 Å². The van der Waals surface area contributed by atoms with Crippen LogP contribution in [0.3, 0.4) is 0 Å². The van der Waals surface area contributed by atoms with Crippen molar-refractivity contribution in [1.29, 1.82) is 0 Å². The third-order valence-corrected chi connectivity index (χ3v) is 12.4. The number of rotatable bonds is 6. The van der Waals surface area contributed by atoms with Crippen LogP contribution in [-0.4, -0.2) is 4.57 Å². The molecule has 3 aliphatic carbocycles. The minimum absolute atomic E-state index is 0.0413. The van der Waals surface area contributed by atoms with Crippen molar-refractivity contribution in [2.45, 2.75) is 70.1 Å². The van der Waals surface area contributed by atoms with Gasteiger partial charge in [0, 0.05) is 21.9 Å². The first-order chi connectivity index (χ1) is 24.5. The van der Waals surface area contributed by atoms with Gasteiger partial charge >= 0.3 is 0 Å². The number of nitrogens with zero attached hydrogens (tertiary/aromatic N) is 1. The van der Waals surface area contributed by atoms with E-state index in [1.807, 2.05) is 0 Å². The van der Waals surface area contributed by atoms with Crippen LogP contribution in [0.4, 0.5) is 0 Å². The fourth-order valence-electron chi connectivity index (χ4n) is 9.66. The molecule has 0 N–H and O–H groups in total. The van der Waals surface area contributed by atoms with E-state index in [0.29, 0.717) is 11.8 Å². The van der Waals surface area contributed by atoms with Gasteiger partial charge in [-0.05, 0) is 129 Å². The van der Waals surface area contributed by atoms with Crippen LogP contribution in [0.2, 0.25) is 0 Å². The lowest BCUT2D eigenvalue weighted by Gasteiger charge is -2.43. The first kappa shape index (κ1) is 29.7. The molecule has 10 rings (SSSR count). The summed E-state index contributed by atoms with van der Waals surface area (Å²) in [6.07, 6.45) is 8.51. The summed E-state index contributed by atoms with van der Waals surface area (Å²) in [5.41, 5.74) is 19.2. The molecule has 7 aromatic rings. The average Bonchev–Trinajstić information content (AvgIpc) is 3.56. The molecule has 0 radical (unpaired) electrons. The van der Waals surface area contributed by atoms with E-state index in [1.165, 1.54) is 103 Å². The van der Waals surface area contributed by atoms with Gasteiger partial charge < -0.3 is 4.57 Å². The van der Waals surface area contributed by atoms with E-state index in [1.54, 1.807) is 11.1 Å². The molecule has 1 heterocycles. The van der Waals surface area contributed by atoms with Crippen molar-refractivity contribution < 1.29 is 0 Å². The molecule has 1 heteroatoms. The minimum atomic E-state index is -0.0413. The van der Waals surface area contributed by atoms with Crippen molar-refractivity contribution >= 4 is 27.4 Å². The molecule has 6 aromatic carbocycles. The van der Waals surface area contributed by atoms with E-state index in [4.69, 9.17) is 0 Å². The number of hydrogen-bond acceptors (Lipinski definition) is 0. The van der Waals surface area contributed by atoms with Crippen molar-refractivity contribution in [3.63, 3.8) is 0 Å². The Bertz CT molecular complexity index is 2490. The summed E-state index contributed by atoms with van der Waals surface area (Å²) in [6.45, 7) is 7.07. The normalized spacial score (nSPS) is 18.3. The number of aromatic nitrogens is 1. The Morgan fingerprint density at radius 3 is 2.02 bits per heavy atom. The maximum atomic E-state index is 2.59. The lowest BCUT2D eigenvalue weighted by Crippen LogP contribution is -2.26. The second-order valence-electron chi connectivity index (χ2n) is 15.4. The van der Waals surface area contributed by atoms with Gasteiger partial charge in [0.2, 0.25) is 0 Å². The van der Waals surface area contributed by atoms with E-state index < -0.39 is 0 Å². The smallest absolute Gasteiger partial charge is 0.0547 e. The van der Waals surface area contributed by atoms with Crippen LogP contribution >= 0.6 is 0 Å². The summed E-state index contributed by atoms with van der Waals surface area (Å²) >= 11 is 0. The highest BCUT2D eigenvalue weighted by Gasteiger charge is 2.41. The number of benzene rings is 6. The van der Waals surface area contributed by atoms with Gasteiger partial charge in [0.05, 0.1) is 11.0 Å². The molecule has 244 valence electrons. The van der Waals surface area contributed by atoms with E-state index >= 15 is 0 Å². The maximum absolute atomic E-state index is 2.59. The standard InChI is InChI=1S/C49H43N/c1-4-5-7-16-34(31-14-8-6-9-15-31)32-21-23-33(24-22-32)50-47-29-41-36-18-11-10-17-35(36)37-25-26-38(37)40(41)27-43(47)44-28-46-42(30-48(44)50)39-19-12-13-20-45(39)49(46,2)3/h6,8-24,27-30,37-38H,4-5,7,25-26H2,1-3H3/b34-16-. The molecule has 1 saturated carbocycles. The van der Waals surface area contributed by atoms with Gasteiger partial charge in [0.1, 0.15) is 0 Å². The molecule has 50 heavy (non-hydrogen) atoms. The fourth-order valence-corrected chi connectivity index (χ4v) is 9.66. The van der Waals surface area contributed by atoms with Crippen molar-refractivity contribution in [3.05, 3.63) is 167 Å². The Labute approximate surface area is 295 Å². The Morgan fingerprint density at radius 2 is 1.26 bits per heavy atom. The largest absolute Gasteiger partial charge is 0.309 e. The van der Waals surface area contributed by atoms with Gasteiger partial charge in [-0.1, -0.05) is 131 Å². The topological polar surface area (TPSA) is 4.93 Å².